The lowest BCUT2D eigenvalue weighted by Gasteiger charge is -2.29. The SMILES string of the molecule is Cc1ccccc1C1CC=NN1C(=O)C(C)(C)C. The molecule has 1 atom stereocenters. The fraction of sp³-hybridized carbons (Fsp3) is 0.467. The van der Waals surface area contributed by atoms with Crippen molar-refractivity contribution in [2.75, 3.05) is 0 Å². The highest BCUT2D eigenvalue weighted by molar-refractivity contribution is 5.84. The minimum Gasteiger partial charge on any atom is -0.272 e. The molecule has 1 aromatic carbocycles. The second-order valence-electron chi connectivity index (χ2n) is 5.81. The summed E-state index contributed by atoms with van der Waals surface area (Å²) in [5.41, 5.74) is 2.00. The van der Waals surface area contributed by atoms with Gasteiger partial charge in [0.05, 0.1) is 6.04 Å². The van der Waals surface area contributed by atoms with Gasteiger partial charge in [-0.25, -0.2) is 5.01 Å². The van der Waals surface area contributed by atoms with Gasteiger partial charge in [0.25, 0.3) is 0 Å². The Labute approximate surface area is 108 Å². The molecule has 0 radical (unpaired) electrons. The Hall–Kier alpha value is -1.64. The van der Waals surface area contributed by atoms with Crippen LogP contribution in [0, 0.1) is 12.3 Å². The topological polar surface area (TPSA) is 32.7 Å². The van der Waals surface area contributed by atoms with Crippen molar-refractivity contribution in [3.8, 4) is 0 Å². The number of carbonyl (C=O) groups is 1. The summed E-state index contributed by atoms with van der Waals surface area (Å²) in [6.45, 7) is 7.86. The number of aryl methyl sites for hydroxylation is 1. The Bertz CT molecular complexity index is 486. The Morgan fingerprint density at radius 2 is 2.00 bits per heavy atom. The standard InChI is InChI=1S/C15H20N2O/c1-11-7-5-6-8-12(11)13-9-10-16-17(13)14(18)15(2,3)4/h5-8,10,13H,9H2,1-4H3. The minimum atomic E-state index is -0.400. The van der Waals surface area contributed by atoms with Crippen molar-refractivity contribution >= 4 is 12.1 Å². The van der Waals surface area contributed by atoms with Crippen molar-refractivity contribution < 1.29 is 4.79 Å². The molecule has 0 aliphatic carbocycles. The highest BCUT2D eigenvalue weighted by Gasteiger charge is 2.35. The zero-order valence-corrected chi connectivity index (χ0v) is 11.5. The van der Waals surface area contributed by atoms with Gasteiger partial charge in [-0.15, -0.1) is 0 Å². The number of hydrazone groups is 1. The van der Waals surface area contributed by atoms with Crippen LogP contribution in [0.5, 0.6) is 0 Å². The van der Waals surface area contributed by atoms with Gasteiger partial charge in [-0.1, -0.05) is 45.0 Å². The quantitative estimate of drug-likeness (QED) is 0.746. The van der Waals surface area contributed by atoms with Crippen molar-refractivity contribution in [2.24, 2.45) is 10.5 Å². The first-order chi connectivity index (χ1) is 8.41. The van der Waals surface area contributed by atoms with Gasteiger partial charge in [-0.05, 0) is 18.1 Å². The molecule has 0 aromatic heterocycles. The molecule has 1 heterocycles. The number of hydrogen-bond acceptors (Lipinski definition) is 2. The molecule has 1 unspecified atom stereocenters. The average Bonchev–Trinajstić information content (AvgIpc) is 2.76. The molecule has 0 bridgehead atoms. The second-order valence-corrected chi connectivity index (χ2v) is 5.81. The molecule has 0 N–H and O–H groups in total. The Kier molecular flexibility index (Phi) is 3.24. The summed E-state index contributed by atoms with van der Waals surface area (Å²) in [6.07, 6.45) is 2.63. The summed E-state index contributed by atoms with van der Waals surface area (Å²) in [7, 11) is 0. The molecular weight excluding hydrogens is 224 g/mol. The van der Waals surface area contributed by atoms with E-state index in [2.05, 4.69) is 24.2 Å². The first-order valence-electron chi connectivity index (χ1n) is 6.33. The fourth-order valence-electron chi connectivity index (χ4n) is 2.17. The maximum Gasteiger partial charge on any atom is 0.248 e. The Morgan fingerprint density at radius 3 is 2.61 bits per heavy atom. The van der Waals surface area contributed by atoms with E-state index in [1.54, 1.807) is 5.01 Å². The molecule has 1 aliphatic rings. The molecule has 1 aliphatic heterocycles. The number of carbonyl (C=O) groups excluding carboxylic acids is 1. The lowest BCUT2D eigenvalue weighted by molar-refractivity contribution is -0.141. The average molecular weight is 244 g/mol. The second kappa shape index (κ2) is 4.56. The van der Waals surface area contributed by atoms with Gasteiger partial charge in [0.1, 0.15) is 0 Å². The van der Waals surface area contributed by atoms with Gasteiger partial charge in [-0.2, -0.15) is 5.10 Å². The van der Waals surface area contributed by atoms with Crippen molar-refractivity contribution in [2.45, 2.75) is 40.2 Å². The van der Waals surface area contributed by atoms with Gasteiger partial charge in [0.15, 0.2) is 0 Å². The molecule has 0 fully saturated rings. The van der Waals surface area contributed by atoms with E-state index in [0.717, 1.165) is 6.42 Å². The highest BCUT2D eigenvalue weighted by atomic mass is 16.2. The third-order valence-electron chi connectivity index (χ3n) is 3.23. The van der Waals surface area contributed by atoms with Crippen LogP contribution in [-0.2, 0) is 4.79 Å². The summed E-state index contributed by atoms with van der Waals surface area (Å²) in [4.78, 5) is 12.4. The molecule has 0 spiro atoms. The van der Waals surface area contributed by atoms with E-state index >= 15 is 0 Å². The van der Waals surface area contributed by atoms with Crippen LogP contribution in [0.15, 0.2) is 29.4 Å². The van der Waals surface area contributed by atoms with Crippen LogP contribution in [0.3, 0.4) is 0 Å². The number of nitrogens with zero attached hydrogens (tertiary/aromatic N) is 2. The van der Waals surface area contributed by atoms with E-state index in [9.17, 15) is 4.79 Å². The first-order valence-corrected chi connectivity index (χ1v) is 6.33. The van der Waals surface area contributed by atoms with Crippen LogP contribution >= 0.6 is 0 Å². The smallest absolute Gasteiger partial charge is 0.248 e. The summed E-state index contributed by atoms with van der Waals surface area (Å²) in [5.74, 6) is 0.0736. The third-order valence-corrected chi connectivity index (χ3v) is 3.23. The lowest BCUT2D eigenvalue weighted by Crippen LogP contribution is -2.36. The fourth-order valence-corrected chi connectivity index (χ4v) is 2.17. The molecule has 2 rings (SSSR count). The van der Waals surface area contributed by atoms with E-state index in [1.807, 2.05) is 39.1 Å². The van der Waals surface area contributed by atoms with Crippen molar-refractivity contribution in [1.82, 2.24) is 5.01 Å². The predicted octanol–water partition coefficient (Wildman–Crippen LogP) is 3.30. The molecule has 3 nitrogen and oxygen atoms in total. The van der Waals surface area contributed by atoms with Crippen LogP contribution in [0.4, 0.5) is 0 Å². The Balaban J connectivity index is 2.31. The molecule has 18 heavy (non-hydrogen) atoms. The van der Waals surface area contributed by atoms with Crippen LogP contribution < -0.4 is 0 Å². The van der Waals surface area contributed by atoms with Crippen LogP contribution in [0.25, 0.3) is 0 Å². The molecule has 96 valence electrons. The molecule has 1 amide bonds. The largest absolute Gasteiger partial charge is 0.272 e. The van der Waals surface area contributed by atoms with E-state index in [0.29, 0.717) is 0 Å². The minimum absolute atomic E-state index is 0.0536. The van der Waals surface area contributed by atoms with Crippen LogP contribution in [0.1, 0.15) is 44.4 Å². The first kappa shape index (κ1) is 12.8. The summed E-state index contributed by atoms with van der Waals surface area (Å²) >= 11 is 0. The van der Waals surface area contributed by atoms with Crippen molar-refractivity contribution in [3.63, 3.8) is 0 Å². The zero-order chi connectivity index (χ0) is 13.3. The monoisotopic (exact) mass is 244 g/mol. The van der Waals surface area contributed by atoms with E-state index in [1.165, 1.54) is 11.1 Å². The molecule has 0 saturated carbocycles. The third kappa shape index (κ3) is 2.30. The predicted molar refractivity (Wildman–Crippen MR) is 73.3 cm³/mol. The number of hydrogen-bond donors (Lipinski definition) is 0. The van der Waals surface area contributed by atoms with Gasteiger partial charge in [-0.3, -0.25) is 4.79 Å². The maximum absolute atomic E-state index is 12.4. The van der Waals surface area contributed by atoms with Gasteiger partial charge < -0.3 is 0 Å². The lowest BCUT2D eigenvalue weighted by atomic mass is 9.93. The number of benzene rings is 1. The van der Waals surface area contributed by atoms with Gasteiger partial charge in [0, 0.05) is 18.1 Å². The summed E-state index contributed by atoms with van der Waals surface area (Å²) in [6, 6.07) is 8.24. The summed E-state index contributed by atoms with van der Waals surface area (Å²) < 4.78 is 0. The van der Waals surface area contributed by atoms with Crippen molar-refractivity contribution in [1.29, 1.82) is 0 Å². The van der Waals surface area contributed by atoms with Crippen LogP contribution in [-0.4, -0.2) is 17.1 Å². The number of rotatable bonds is 1. The molecule has 3 heteroatoms. The van der Waals surface area contributed by atoms with Gasteiger partial charge in [0.2, 0.25) is 5.91 Å². The summed E-state index contributed by atoms with van der Waals surface area (Å²) in [5, 5.41) is 5.90. The zero-order valence-electron chi connectivity index (χ0n) is 11.5. The highest BCUT2D eigenvalue weighted by Crippen LogP contribution is 2.33. The molecule has 0 saturated heterocycles. The van der Waals surface area contributed by atoms with Gasteiger partial charge >= 0.3 is 0 Å². The Morgan fingerprint density at radius 1 is 1.33 bits per heavy atom. The van der Waals surface area contributed by atoms with E-state index in [-0.39, 0.29) is 11.9 Å². The van der Waals surface area contributed by atoms with E-state index in [4.69, 9.17) is 0 Å². The molecular formula is C15H20N2O. The van der Waals surface area contributed by atoms with Crippen molar-refractivity contribution in [3.05, 3.63) is 35.4 Å². The number of amides is 1. The van der Waals surface area contributed by atoms with Crippen LogP contribution in [0.2, 0.25) is 0 Å². The van der Waals surface area contributed by atoms with E-state index < -0.39 is 5.41 Å². The maximum atomic E-state index is 12.4. The molecule has 1 aromatic rings. The normalized spacial score (nSPS) is 19.3.